The van der Waals surface area contributed by atoms with E-state index in [1.165, 1.54) is 12.1 Å². The van der Waals surface area contributed by atoms with Crippen LogP contribution in [0, 0.1) is 0 Å². The maximum atomic E-state index is 12.0. The number of benzene rings is 1. The second-order valence-corrected chi connectivity index (χ2v) is 5.41. The molecule has 0 aliphatic heterocycles. The molecule has 1 aromatic rings. The molecule has 0 fully saturated rings. The van der Waals surface area contributed by atoms with E-state index in [1.807, 2.05) is 0 Å². The molecule has 18 heavy (non-hydrogen) atoms. The number of ether oxygens (including phenoxy) is 1. The van der Waals surface area contributed by atoms with Gasteiger partial charge < -0.3 is 4.74 Å². The van der Waals surface area contributed by atoms with Crippen molar-refractivity contribution >= 4 is 15.9 Å². The lowest BCUT2D eigenvalue weighted by atomic mass is 10.1. The molecule has 0 saturated carbocycles. The lowest BCUT2D eigenvalue weighted by molar-refractivity contribution is -0.274. The Labute approximate surface area is 113 Å². The zero-order chi connectivity index (χ0) is 13.6. The average molecular weight is 325 g/mol. The molecule has 102 valence electrons. The summed E-state index contributed by atoms with van der Waals surface area (Å²) >= 11 is 3.58. The Bertz CT molecular complexity index is 348. The number of aryl methyl sites for hydroxylation is 1. The SMILES string of the molecule is CCCC(Br)CCc1ccc(OC(F)(F)F)cc1. The van der Waals surface area contributed by atoms with Gasteiger partial charge in [-0.05, 0) is 37.0 Å². The lowest BCUT2D eigenvalue weighted by Gasteiger charge is -2.10. The van der Waals surface area contributed by atoms with Crippen molar-refractivity contribution in [3.63, 3.8) is 0 Å². The molecule has 1 nitrogen and oxygen atoms in total. The first-order chi connectivity index (χ1) is 8.40. The summed E-state index contributed by atoms with van der Waals surface area (Å²) in [5.74, 6) is -0.171. The number of rotatable bonds is 6. The Morgan fingerprint density at radius 2 is 1.78 bits per heavy atom. The molecule has 0 saturated heterocycles. The number of alkyl halides is 4. The Morgan fingerprint density at radius 3 is 2.28 bits per heavy atom. The fourth-order valence-electron chi connectivity index (χ4n) is 1.64. The van der Waals surface area contributed by atoms with E-state index in [-0.39, 0.29) is 5.75 Å². The van der Waals surface area contributed by atoms with E-state index in [0.29, 0.717) is 4.83 Å². The van der Waals surface area contributed by atoms with Crippen molar-refractivity contribution in [2.45, 2.75) is 43.8 Å². The summed E-state index contributed by atoms with van der Waals surface area (Å²) in [6.45, 7) is 2.12. The highest BCUT2D eigenvalue weighted by Gasteiger charge is 2.30. The minimum Gasteiger partial charge on any atom is -0.406 e. The molecule has 1 atom stereocenters. The van der Waals surface area contributed by atoms with Gasteiger partial charge in [-0.1, -0.05) is 41.4 Å². The van der Waals surface area contributed by atoms with Gasteiger partial charge in [-0.3, -0.25) is 0 Å². The van der Waals surface area contributed by atoms with Gasteiger partial charge in [0.15, 0.2) is 0 Å². The van der Waals surface area contributed by atoms with Crippen LogP contribution < -0.4 is 4.74 Å². The highest BCUT2D eigenvalue weighted by molar-refractivity contribution is 9.09. The van der Waals surface area contributed by atoms with E-state index in [2.05, 4.69) is 27.6 Å². The molecular weight excluding hydrogens is 309 g/mol. The van der Waals surface area contributed by atoms with Crippen molar-refractivity contribution in [1.29, 1.82) is 0 Å². The minimum atomic E-state index is -4.62. The second-order valence-electron chi connectivity index (χ2n) is 4.12. The van der Waals surface area contributed by atoms with Crippen molar-refractivity contribution < 1.29 is 17.9 Å². The number of hydrogen-bond acceptors (Lipinski definition) is 1. The Hall–Kier alpha value is -0.710. The third-order valence-electron chi connectivity index (χ3n) is 2.51. The summed E-state index contributed by atoms with van der Waals surface area (Å²) in [4.78, 5) is 0.466. The Morgan fingerprint density at radius 1 is 1.17 bits per heavy atom. The van der Waals surface area contributed by atoms with Gasteiger partial charge in [-0.25, -0.2) is 0 Å². The molecule has 0 aromatic heterocycles. The van der Waals surface area contributed by atoms with Crippen LogP contribution in [0.3, 0.4) is 0 Å². The molecule has 1 unspecified atom stereocenters. The summed E-state index contributed by atoms with van der Waals surface area (Å²) in [5, 5.41) is 0. The quantitative estimate of drug-likeness (QED) is 0.663. The Balaban J connectivity index is 2.45. The molecule has 1 aromatic carbocycles. The molecule has 1 rings (SSSR count). The van der Waals surface area contributed by atoms with Crippen molar-refractivity contribution in [2.24, 2.45) is 0 Å². The Kier molecular flexibility index (Phi) is 5.99. The predicted molar refractivity (Wildman–Crippen MR) is 69.1 cm³/mol. The topological polar surface area (TPSA) is 9.23 Å². The van der Waals surface area contributed by atoms with E-state index in [0.717, 1.165) is 31.2 Å². The van der Waals surface area contributed by atoms with Crippen LogP contribution in [0.25, 0.3) is 0 Å². The van der Waals surface area contributed by atoms with Crippen molar-refractivity contribution in [1.82, 2.24) is 0 Å². The molecule has 0 aliphatic carbocycles. The van der Waals surface area contributed by atoms with Crippen molar-refractivity contribution in [2.75, 3.05) is 0 Å². The van der Waals surface area contributed by atoms with E-state index in [4.69, 9.17) is 0 Å². The van der Waals surface area contributed by atoms with Crippen LogP contribution >= 0.6 is 15.9 Å². The van der Waals surface area contributed by atoms with E-state index < -0.39 is 6.36 Å². The number of hydrogen-bond donors (Lipinski definition) is 0. The zero-order valence-electron chi connectivity index (χ0n) is 10.1. The largest absolute Gasteiger partial charge is 0.573 e. The van der Waals surface area contributed by atoms with Gasteiger partial charge in [0.2, 0.25) is 0 Å². The van der Waals surface area contributed by atoms with Gasteiger partial charge in [0.25, 0.3) is 0 Å². The van der Waals surface area contributed by atoms with Crippen LogP contribution in [-0.2, 0) is 6.42 Å². The van der Waals surface area contributed by atoms with Crippen LogP contribution in [-0.4, -0.2) is 11.2 Å². The lowest BCUT2D eigenvalue weighted by Crippen LogP contribution is -2.17. The predicted octanol–water partition coefficient (Wildman–Crippen LogP) is 5.08. The van der Waals surface area contributed by atoms with E-state index in [9.17, 15) is 13.2 Å². The van der Waals surface area contributed by atoms with Crippen LogP contribution in [0.4, 0.5) is 13.2 Å². The molecule has 5 heteroatoms. The molecule has 0 aliphatic rings. The highest BCUT2D eigenvalue weighted by atomic mass is 79.9. The first kappa shape index (κ1) is 15.3. The first-order valence-corrected chi connectivity index (χ1v) is 6.81. The molecule has 0 spiro atoms. The van der Waals surface area contributed by atoms with Gasteiger partial charge in [0.1, 0.15) is 5.75 Å². The first-order valence-electron chi connectivity index (χ1n) is 5.89. The van der Waals surface area contributed by atoms with Crippen LogP contribution in [0.5, 0.6) is 5.75 Å². The highest BCUT2D eigenvalue weighted by Crippen LogP contribution is 2.23. The summed E-state index contributed by atoms with van der Waals surface area (Å²) < 4.78 is 39.7. The summed E-state index contributed by atoms with van der Waals surface area (Å²) in [6, 6.07) is 6.05. The fourth-order valence-corrected chi connectivity index (χ4v) is 2.33. The zero-order valence-corrected chi connectivity index (χ0v) is 11.7. The van der Waals surface area contributed by atoms with Gasteiger partial charge in [-0.15, -0.1) is 13.2 Å². The maximum absolute atomic E-state index is 12.0. The normalized spacial score (nSPS) is 13.4. The maximum Gasteiger partial charge on any atom is 0.573 e. The standard InChI is InChI=1S/C13H16BrF3O/c1-2-3-11(14)7-4-10-5-8-12(9-6-10)18-13(15,16)17/h5-6,8-9,11H,2-4,7H2,1H3. The van der Waals surface area contributed by atoms with E-state index in [1.54, 1.807) is 12.1 Å². The third kappa shape index (κ3) is 6.28. The van der Waals surface area contributed by atoms with Gasteiger partial charge in [-0.2, -0.15) is 0 Å². The van der Waals surface area contributed by atoms with E-state index >= 15 is 0 Å². The smallest absolute Gasteiger partial charge is 0.406 e. The van der Waals surface area contributed by atoms with Crippen LogP contribution in [0.2, 0.25) is 0 Å². The molecule has 0 amide bonds. The molecule has 0 heterocycles. The summed E-state index contributed by atoms with van der Waals surface area (Å²) in [7, 11) is 0. The monoisotopic (exact) mass is 324 g/mol. The fraction of sp³-hybridized carbons (Fsp3) is 0.538. The van der Waals surface area contributed by atoms with Crippen molar-refractivity contribution in [3.05, 3.63) is 29.8 Å². The molecular formula is C13H16BrF3O. The van der Waals surface area contributed by atoms with Crippen molar-refractivity contribution in [3.8, 4) is 5.75 Å². The average Bonchev–Trinajstić information content (AvgIpc) is 2.26. The minimum absolute atomic E-state index is 0.171. The van der Waals surface area contributed by atoms with Crippen LogP contribution in [0.15, 0.2) is 24.3 Å². The summed E-state index contributed by atoms with van der Waals surface area (Å²) in [5.41, 5.74) is 1.02. The van der Waals surface area contributed by atoms with Gasteiger partial charge in [0, 0.05) is 4.83 Å². The molecule has 0 bridgehead atoms. The summed E-state index contributed by atoms with van der Waals surface area (Å²) in [6.07, 6.45) is -0.567. The van der Waals surface area contributed by atoms with Gasteiger partial charge in [0.05, 0.1) is 0 Å². The molecule has 0 N–H and O–H groups in total. The van der Waals surface area contributed by atoms with Crippen LogP contribution in [0.1, 0.15) is 31.7 Å². The number of halogens is 4. The third-order valence-corrected chi connectivity index (χ3v) is 3.42. The molecule has 0 radical (unpaired) electrons. The van der Waals surface area contributed by atoms with Gasteiger partial charge >= 0.3 is 6.36 Å². The second kappa shape index (κ2) is 7.02.